The van der Waals surface area contributed by atoms with Crippen LogP contribution in [0.3, 0.4) is 0 Å². The van der Waals surface area contributed by atoms with Crippen LogP contribution >= 0.6 is 23.4 Å². The predicted molar refractivity (Wildman–Crippen MR) is 116 cm³/mol. The highest BCUT2D eigenvalue weighted by Gasteiger charge is 2.46. The van der Waals surface area contributed by atoms with Gasteiger partial charge in [0.1, 0.15) is 5.75 Å². The number of aromatic nitrogens is 3. The third kappa shape index (κ3) is 3.26. The smallest absolute Gasteiger partial charge is 0.325 e. The van der Waals surface area contributed by atoms with Gasteiger partial charge in [-0.05, 0) is 41.3 Å². The molecule has 1 aromatic heterocycles. The lowest BCUT2D eigenvalue weighted by Crippen LogP contribution is -2.60. The maximum Gasteiger partial charge on any atom is 0.325 e. The Balaban J connectivity index is 2.13. The van der Waals surface area contributed by atoms with E-state index >= 15 is 0 Å². The molecule has 0 aliphatic carbocycles. The molecular formula is C21H20ClN4O3S+. The average molecular weight is 444 g/mol. The topological polar surface area (TPSA) is 79.2 Å². The number of benzene rings is 2. The third-order valence-electron chi connectivity index (χ3n) is 4.99. The molecule has 0 saturated carbocycles. The predicted octanol–water partition coefficient (Wildman–Crippen LogP) is 3.41. The molecule has 9 heteroatoms. The van der Waals surface area contributed by atoms with Gasteiger partial charge in [0.2, 0.25) is 11.1 Å². The summed E-state index contributed by atoms with van der Waals surface area (Å²) in [6.45, 7) is 1.80. The molecule has 0 spiro atoms. The van der Waals surface area contributed by atoms with Crippen LogP contribution in [-0.4, -0.2) is 29.4 Å². The number of carbonyl (C=O) groups is 1. The number of anilines is 1. The number of aromatic amines is 1. The Hall–Kier alpha value is -2.84. The maximum atomic E-state index is 13.2. The highest BCUT2D eigenvalue weighted by molar-refractivity contribution is 7.98. The molecule has 1 atom stereocenters. The lowest BCUT2D eigenvalue weighted by atomic mass is 10.0. The Morgan fingerprint density at radius 2 is 2.10 bits per heavy atom. The molecule has 0 radical (unpaired) electrons. The molecule has 30 heavy (non-hydrogen) atoms. The number of hydrogen-bond acceptors (Lipinski definition) is 5. The molecule has 1 N–H and O–H groups in total. The fourth-order valence-electron chi connectivity index (χ4n) is 3.69. The molecule has 1 amide bonds. The van der Waals surface area contributed by atoms with Crippen molar-refractivity contribution in [2.24, 2.45) is 0 Å². The van der Waals surface area contributed by atoms with Crippen molar-refractivity contribution in [3.63, 3.8) is 0 Å². The molecule has 0 unspecified atom stereocenters. The molecular weight excluding hydrogens is 424 g/mol. The van der Waals surface area contributed by atoms with Crippen LogP contribution in [0.1, 0.15) is 25.1 Å². The van der Waals surface area contributed by atoms with Gasteiger partial charge < -0.3 is 4.74 Å². The van der Waals surface area contributed by atoms with Crippen LogP contribution in [0.15, 0.2) is 52.4 Å². The summed E-state index contributed by atoms with van der Waals surface area (Å²) in [4.78, 5) is 30.7. The van der Waals surface area contributed by atoms with E-state index in [0.717, 1.165) is 0 Å². The van der Waals surface area contributed by atoms with Crippen molar-refractivity contribution in [1.29, 1.82) is 0 Å². The van der Waals surface area contributed by atoms with E-state index in [4.69, 9.17) is 16.3 Å². The molecule has 4 rings (SSSR count). The third-order valence-corrected chi connectivity index (χ3v) is 5.80. The van der Waals surface area contributed by atoms with Crippen molar-refractivity contribution in [1.82, 2.24) is 10.1 Å². The molecule has 0 fully saturated rings. The van der Waals surface area contributed by atoms with Gasteiger partial charge in [-0.1, -0.05) is 42.4 Å². The first-order chi connectivity index (χ1) is 14.5. The zero-order valence-electron chi connectivity index (χ0n) is 16.7. The second-order valence-electron chi connectivity index (χ2n) is 6.65. The van der Waals surface area contributed by atoms with E-state index in [0.29, 0.717) is 38.4 Å². The van der Waals surface area contributed by atoms with E-state index in [9.17, 15) is 9.59 Å². The number of nitrogens with zero attached hydrogens (tertiary/aromatic N) is 3. The van der Waals surface area contributed by atoms with Crippen LogP contribution in [0.2, 0.25) is 5.02 Å². The Morgan fingerprint density at radius 1 is 1.33 bits per heavy atom. The number of hydrogen-bond donors (Lipinski definition) is 1. The number of methoxy groups -OCH3 is 1. The standard InChI is InChI=1S/C21H19ClN4O3S/c1-4-17(27)25-15-8-6-5-7-13(15)18-19(28)23-21(30-3)24-26(18)20(25)14-11-12(22)9-10-16(14)29-2/h5-11,20H,4H2,1-3H3/p+1/t20-/m0/s1. The monoisotopic (exact) mass is 443 g/mol. The number of amides is 1. The quantitative estimate of drug-likeness (QED) is 0.493. The second-order valence-corrected chi connectivity index (χ2v) is 7.88. The van der Waals surface area contributed by atoms with Crippen LogP contribution in [0, 0.1) is 0 Å². The summed E-state index contributed by atoms with van der Waals surface area (Å²) in [5.41, 5.74) is 2.00. The summed E-state index contributed by atoms with van der Waals surface area (Å²) in [5, 5.41) is 5.59. The Morgan fingerprint density at radius 3 is 2.80 bits per heavy atom. The molecule has 3 aromatic rings. The minimum Gasteiger partial charge on any atom is -0.496 e. The lowest BCUT2D eigenvalue weighted by Gasteiger charge is -2.32. The minimum absolute atomic E-state index is 0.111. The first-order valence-corrected chi connectivity index (χ1v) is 11.0. The van der Waals surface area contributed by atoms with Crippen LogP contribution in [-0.2, 0) is 4.79 Å². The summed E-state index contributed by atoms with van der Waals surface area (Å²) in [5.74, 6) is 0.435. The number of ether oxygens (including phenoxy) is 1. The van der Waals surface area contributed by atoms with E-state index in [-0.39, 0.29) is 17.9 Å². The number of rotatable bonds is 4. The van der Waals surface area contributed by atoms with Gasteiger partial charge in [-0.25, -0.2) is 4.90 Å². The van der Waals surface area contributed by atoms with E-state index in [1.807, 2.05) is 30.5 Å². The molecule has 1 aliphatic heterocycles. The zero-order chi connectivity index (χ0) is 21.4. The fraction of sp³-hybridized carbons (Fsp3) is 0.238. The van der Waals surface area contributed by atoms with Crippen molar-refractivity contribution < 1.29 is 14.2 Å². The summed E-state index contributed by atoms with van der Waals surface area (Å²) in [6, 6.07) is 12.5. The first kappa shape index (κ1) is 20.4. The highest BCUT2D eigenvalue weighted by atomic mass is 35.5. The van der Waals surface area contributed by atoms with Crippen LogP contribution < -0.4 is 19.9 Å². The van der Waals surface area contributed by atoms with E-state index in [1.165, 1.54) is 11.8 Å². The van der Waals surface area contributed by atoms with Crippen molar-refractivity contribution in [2.75, 3.05) is 18.3 Å². The van der Waals surface area contributed by atoms with Crippen LogP contribution in [0.25, 0.3) is 11.3 Å². The van der Waals surface area contributed by atoms with Gasteiger partial charge in [-0.2, -0.15) is 0 Å². The minimum atomic E-state index is -0.732. The largest absolute Gasteiger partial charge is 0.496 e. The number of halogens is 1. The van der Waals surface area contributed by atoms with Crippen molar-refractivity contribution in [2.45, 2.75) is 24.7 Å². The second kappa shape index (κ2) is 8.12. The number of thioether (sulfide) groups is 1. The Labute approximate surface area is 182 Å². The van der Waals surface area contributed by atoms with Gasteiger partial charge in [0.15, 0.2) is 0 Å². The molecule has 7 nitrogen and oxygen atoms in total. The zero-order valence-corrected chi connectivity index (χ0v) is 18.3. The molecule has 154 valence electrons. The normalized spacial score (nSPS) is 14.8. The summed E-state index contributed by atoms with van der Waals surface area (Å²) >= 11 is 7.63. The average Bonchev–Trinajstić information content (AvgIpc) is 2.77. The number of H-pyrrole nitrogens is 1. The van der Waals surface area contributed by atoms with Crippen molar-refractivity contribution in [3.05, 3.63) is 63.4 Å². The van der Waals surface area contributed by atoms with Gasteiger partial charge >= 0.3 is 11.3 Å². The highest BCUT2D eigenvalue weighted by Crippen LogP contribution is 2.40. The molecule has 2 heterocycles. The van der Waals surface area contributed by atoms with Gasteiger partial charge in [0.25, 0.3) is 6.17 Å². The van der Waals surface area contributed by atoms with Gasteiger partial charge in [-0.15, -0.1) is 0 Å². The van der Waals surface area contributed by atoms with Gasteiger partial charge in [0.05, 0.1) is 23.9 Å². The number of nitrogens with one attached hydrogen (secondary N) is 1. The van der Waals surface area contributed by atoms with E-state index in [1.54, 1.807) is 41.8 Å². The first-order valence-electron chi connectivity index (χ1n) is 9.35. The van der Waals surface area contributed by atoms with Crippen LogP contribution in [0.5, 0.6) is 5.75 Å². The van der Waals surface area contributed by atoms with E-state index in [2.05, 4.69) is 10.1 Å². The lowest BCUT2D eigenvalue weighted by molar-refractivity contribution is -0.763. The Bertz CT molecular complexity index is 1200. The van der Waals surface area contributed by atoms with Gasteiger partial charge in [-0.3, -0.25) is 14.6 Å². The Kier molecular flexibility index (Phi) is 5.53. The van der Waals surface area contributed by atoms with Crippen molar-refractivity contribution in [3.8, 4) is 17.0 Å². The van der Waals surface area contributed by atoms with Gasteiger partial charge in [0, 0.05) is 16.5 Å². The maximum absolute atomic E-state index is 13.2. The molecule has 2 aromatic carbocycles. The molecule has 1 aliphatic rings. The summed E-state index contributed by atoms with van der Waals surface area (Å²) < 4.78 is 7.17. The van der Waals surface area contributed by atoms with E-state index < -0.39 is 6.17 Å². The SMILES string of the molecule is CCC(=O)N1c2ccccc2-c2c(=O)[nH]c(SC)n[n+]2[C@H]1c1cc(Cl)ccc1OC. The number of carbonyl (C=O) groups excluding carboxylic acids is 1. The fourth-order valence-corrected chi connectivity index (χ4v) is 4.24. The number of fused-ring (bicyclic) bond motifs is 3. The number of para-hydroxylation sites is 1. The summed E-state index contributed by atoms with van der Waals surface area (Å²) in [7, 11) is 1.56. The molecule has 0 saturated heterocycles. The summed E-state index contributed by atoms with van der Waals surface area (Å²) in [6.07, 6.45) is 1.37. The molecule has 0 bridgehead atoms. The van der Waals surface area contributed by atoms with Crippen LogP contribution in [0.4, 0.5) is 5.69 Å². The van der Waals surface area contributed by atoms with Crippen molar-refractivity contribution >= 4 is 35.0 Å².